The lowest BCUT2D eigenvalue weighted by atomic mass is 10.1. The average Bonchev–Trinajstić information content (AvgIpc) is 2.85. The molecule has 20 heavy (non-hydrogen) atoms. The molecule has 0 aliphatic rings. The fourth-order valence-corrected chi connectivity index (χ4v) is 2.28. The highest BCUT2D eigenvalue weighted by atomic mass is 32.1. The molecule has 0 atom stereocenters. The number of aromatic amines is 1. The Morgan fingerprint density at radius 3 is 2.70 bits per heavy atom. The Morgan fingerprint density at radius 2 is 1.95 bits per heavy atom. The van der Waals surface area contributed by atoms with E-state index in [1.165, 1.54) is 6.07 Å². The molecule has 6 heteroatoms. The first-order valence-corrected chi connectivity index (χ1v) is 6.42. The molecule has 0 amide bonds. The molecule has 0 unspecified atom stereocenters. The lowest BCUT2D eigenvalue weighted by Gasteiger charge is -2.10. The molecule has 0 aliphatic heterocycles. The molecule has 0 saturated carbocycles. The number of pyridine rings is 1. The first-order valence-electron chi connectivity index (χ1n) is 6.02. The van der Waals surface area contributed by atoms with Crippen molar-refractivity contribution >= 4 is 12.2 Å². The fraction of sp³-hybridized carbons (Fsp3) is 0.0714. The predicted molar refractivity (Wildman–Crippen MR) is 76.7 cm³/mol. The first-order chi connectivity index (χ1) is 9.68. The van der Waals surface area contributed by atoms with Crippen LogP contribution >= 0.6 is 12.2 Å². The van der Waals surface area contributed by atoms with Gasteiger partial charge in [0.2, 0.25) is 0 Å². The Kier molecular flexibility index (Phi) is 3.15. The molecule has 1 aromatic carbocycles. The predicted octanol–water partition coefficient (Wildman–Crippen LogP) is 3.44. The second kappa shape index (κ2) is 4.97. The fourth-order valence-electron chi connectivity index (χ4n) is 2.05. The number of halogens is 1. The Labute approximate surface area is 119 Å². The van der Waals surface area contributed by atoms with Gasteiger partial charge < -0.3 is 0 Å². The highest BCUT2D eigenvalue weighted by molar-refractivity contribution is 7.71. The van der Waals surface area contributed by atoms with Crippen LogP contribution in [-0.2, 0) is 0 Å². The number of nitrogens with zero attached hydrogens (tertiary/aromatic N) is 3. The Bertz CT molecular complexity index is 808. The maximum absolute atomic E-state index is 13.7. The summed E-state index contributed by atoms with van der Waals surface area (Å²) in [5.41, 5.74) is 2.06. The van der Waals surface area contributed by atoms with Gasteiger partial charge in [-0.15, -0.1) is 0 Å². The van der Waals surface area contributed by atoms with E-state index in [-0.39, 0.29) is 5.82 Å². The number of H-pyrrole nitrogens is 1. The number of benzene rings is 1. The summed E-state index contributed by atoms with van der Waals surface area (Å²) < 4.78 is 15.9. The molecule has 1 N–H and O–H groups in total. The monoisotopic (exact) mass is 286 g/mol. The summed E-state index contributed by atoms with van der Waals surface area (Å²) in [4.78, 5) is 3.98. The van der Waals surface area contributed by atoms with Crippen molar-refractivity contribution in [2.75, 3.05) is 0 Å². The first kappa shape index (κ1) is 12.7. The van der Waals surface area contributed by atoms with Crippen molar-refractivity contribution < 1.29 is 4.39 Å². The molecule has 0 bridgehead atoms. The highest BCUT2D eigenvalue weighted by Gasteiger charge is 2.13. The topological polar surface area (TPSA) is 46.5 Å². The molecular weight excluding hydrogens is 275 g/mol. The van der Waals surface area contributed by atoms with Crippen LogP contribution in [0.4, 0.5) is 4.39 Å². The minimum Gasteiger partial charge on any atom is -0.268 e. The third-order valence-corrected chi connectivity index (χ3v) is 3.36. The standard InChI is InChI=1S/C14H11FN4S/c1-9-11(15)3-2-4-12(9)19-13(17-18-14(19)20)10-5-7-16-8-6-10/h2-8H,1H3,(H,18,20). The van der Waals surface area contributed by atoms with E-state index in [1.54, 1.807) is 30.0 Å². The molecule has 0 aliphatic carbocycles. The molecule has 2 aromatic heterocycles. The summed E-state index contributed by atoms with van der Waals surface area (Å²) in [6, 6.07) is 8.55. The van der Waals surface area contributed by atoms with E-state index in [2.05, 4.69) is 15.2 Å². The summed E-state index contributed by atoms with van der Waals surface area (Å²) >= 11 is 5.26. The van der Waals surface area contributed by atoms with Gasteiger partial charge in [0, 0.05) is 23.5 Å². The third-order valence-electron chi connectivity index (χ3n) is 3.09. The van der Waals surface area contributed by atoms with Crippen molar-refractivity contribution in [1.29, 1.82) is 0 Å². The SMILES string of the molecule is Cc1c(F)cccc1-n1c(-c2ccncc2)n[nH]c1=S. The summed E-state index contributed by atoms with van der Waals surface area (Å²) in [5, 5.41) is 6.98. The van der Waals surface area contributed by atoms with Gasteiger partial charge in [0.15, 0.2) is 10.6 Å². The maximum atomic E-state index is 13.7. The van der Waals surface area contributed by atoms with Gasteiger partial charge >= 0.3 is 0 Å². The molecule has 0 spiro atoms. The zero-order chi connectivity index (χ0) is 14.1. The molecular formula is C14H11FN4S. The smallest absolute Gasteiger partial charge is 0.200 e. The van der Waals surface area contributed by atoms with Crippen LogP contribution in [0, 0.1) is 17.5 Å². The van der Waals surface area contributed by atoms with Crippen LogP contribution in [0.5, 0.6) is 0 Å². The van der Waals surface area contributed by atoms with Crippen LogP contribution in [-0.4, -0.2) is 19.7 Å². The van der Waals surface area contributed by atoms with Crippen molar-refractivity contribution in [2.45, 2.75) is 6.92 Å². The van der Waals surface area contributed by atoms with E-state index in [0.717, 1.165) is 5.56 Å². The lowest BCUT2D eigenvalue weighted by molar-refractivity contribution is 0.617. The molecule has 100 valence electrons. The number of rotatable bonds is 2. The van der Waals surface area contributed by atoms with Crippen molar-refractivity contribution in [1.82, 2.24) is 19.7 Å². The number of hydrogen-bond acceptors (Lipinski definition) is 3. The van der Waals surface area contributed by atoms with E-state index < -0.39 is 0 Å². The maximum Gasteiger partial charge on any atom is 0.200 e. The second-order valence-electron chi connectivity index (χ2n) is 4.31. The summed E-state index contributed by atoms with van der Waals surface area (Å²) in [6.07, 6.45) is 3.35. The normalized spacial score (nSPS) is 10.7. The Morgan fingerprint density at radius 1 is 1.20 bits per heavy atom. The van der Waals surface area contributed by atoms with Crippen LogP contribution in [0.3, 0.4) is 0 Å². The van der Waals surface area contributed by atoms with Gasteiger partial charge in [-0.3, -0.25) is 14.6 Å². The summed E-state index contributed by atoms with van der Waals surface area (Å²) in [5.74, 6) is 0.359. The Balaban J connectivity index is 2.28. The number of aromatic nitrogens is 4. The van der Waals surface area contributed by atoms with E-state index in [1.807, 2.05) is 18.2 Å². The van der Waals surface area contributed by atoms with Gasteiger partial charge in [-0.05, 0) is 43.4 Å². The van der Waals surface area contributed by atoms with E-state index in [4.69, 9.17) is 12.2 Å². The Hall–Kier alpha value is -2.34. The van der Waals surface area contributed by atoms with E-state index in [0.29, 0.717) is 21.8 Å². The van der Waals surface area contributed by atoms with E-state index >= 15 is 0 Å². The van der Waals surface area contributed by atoms with Gasteiger partial charge in [-0.25, -0.2) is 4.39 Å². The van der Waals surface area contributed by atoms with Gasteiger partial charge in [0.1, 0.15) is 5.82 Å². The average molecular weight is 286 g/mol. The third kappa shape index (κ3) is 2.04. The molecule has 4 nitrogen and oxygen atoms in total. The van der Waals surface area contributed by atoms with Gasteiger partial charge in [0.25, 0.3) is 0 Å². The minimum absolute atomic E-state index is 0.272. The molecule has 3 rings (SSSR count). The van der Waals surface area contributed by atoms with E-state index in [9.17, 15) is 4.39 Å². The number of hydrogen-bond donors (Lipinski definition) is 1. The van der Waals surface area contributed by atoms with Crippen LogP contribution in [0.2, 0.25) is 0 Å². The zero-order valence-electron chi connectivity index (χ0n) is 10.7. The van der Waals surface area contributed by atoms with Crippen LogP contribution < -0.4 is 0 Å². The van der Waals surface area contributed by atoms with Gasteiger partial charge in [-0.2, -0.15) is 5.10 Å². The summed E-state index contributed by atoms with van der Waals surface area (Å²) in [7, 11) is 0. The largest absolute Gasteiger partial charge is 0.268 e. The van der Waals surface area contributed by atoms with Gasteiger partial charge in [0.05, 0.1) is 5.69 Å². The van der Waals surface area contributed by atoms with Crippen molar-refractivity contribution in [2.24, 2.45) is 0 Å². The molecule has 0 radical (unpaired) electrons. The quantitative estimate of drug-likeness (QED) is 0.734. The minimum atomic E-state index is -0.272. The van der Waals surface area contributed by atoms with Crippen molar-refractivity contribution in [3.63, 3.8) is 0 Å². The second-order valence-corrected chi connectivity index (χ2v) is 4.69. The zero-order valence-corrected chi connectivity index (χ0v) is 11.5. The molecule has 2 heterocycles. The molecule has 0 saturated heterocycles. The van der Waals surface area contributed by atoms with Gasteiger partial charge in [-0.1, -0.05) is 6.07 Å². The molecule has 3 aromatic rings. The molecule has 0 fully saturated rings. The highest BCUT2D eigenvalue weighted by Crippen LogP contribution is 2.24. The van der Waals surface area contributed by atoms with Crippen LogP contribution in [0.25, 0.3) is 17.1 Å². The summed E-state index contributed by atoms with van der Waals surface area (Å²) in [6.45, 7) is 1.72. The number of nitrogens with one attached hydrogen (secondary N) is 1. The van der Waals surface area contributed by atoms with Crippen molar-refractivity contribution in [3.05, 3.63) is 58.9 Å². The van der Waals surface area contributed by atoms with Crippen molar-refractivity contribution in [3.8, 4) is 17.1 Å². The van der Waals surface area contributed by atoms with Crippen LogP contribution in [0.1, 0.15) is 5.56 Å². The van der Waals surface area contributed by atoms with Crippen LogP contribution in [0.15, 0.2) is 42.7 Å². The lowest BCUT2D eigenvalue weighted by Crippen LogP contribution is -2.01.